The highest BCUT2D eigenvalue weighted by Crippen LogP contribution is 2.23. The summed E-state index contributed by atoms with van der Waals surface area (Å²) in [7, 11) is -3.73. The lowest BCUT2D eigenvalue weighted by Crippen LogP contribution is -2.52. The SMILES string of the molecule is Cc1ccccc1N(CC(=O)N(Cc1ccc(Br)cc1)C(C)C(=O)NC(C)C)S(C)(=O)=O. The lowest BCUT2D eigenvalue weighted by molar-refractivity contribution is -0.139. The third-order valence-electron chi connectivity index (χ3n) is 4.93. The van der Waals surface area contributed by atoms with E-state index in [1.165, 1.54) is 4.90 Å². The molecule has 2 rings (SSSR count). The summed E-state index contributed by atoms with van der Waals surface area (Å²) in [5.41, 5.74) is 1.99. The van der Waals surface area contributed by atoms with Gasteiger partial charge in [0.1, 0.15) is 12.6 Å². The summed E-state index contributed by atoms with van der Waals surface area (Å²) in [4.78, 5) is 27.5. The first kappa shape index (κ1) is 25.9. The molecule has 0 bridgehead atoms. The van der Waals surface area contributed by atoms with E-state index < -0.39 is 28.5 Å². The first-order valence-corrected chi connectivity index (χ1v) is 12.9. The molecule has 0 aliphatic rings. The molecule has 0 saturated carbocycles. The van der Waals surface area contributed by atoms with Crippen molar-refractivity contribution in [3.05, 3.63) is 64.1 Å². The van der Waals surface area contributed by atoms with Crippen molar-refractivity contribution < 1.29 is 18.0 Å². The van der Waals surface area contributed by atoms with E-state index in [2.05, 4.69) is 21.2 Å². The third-order valence-corrected chi connectivity index (χ3v) is 6.58. The lowest BCUT2D eigenvalue weighted by Gasteiger charge is -2.32. The van der Waals surface area contributed by atoms with E-state index in [0.29, 0.717) is 5.69 Å². The van der Waals surface area contributed by atoms with Crippen LogP contribution in [0, 0.1) is 6.92 Å². The molecule has 32 heavy (non-hydrogen) atoms. The number of sulfonamides is 1. The highest BCUT2D eigenvalue weighted by atomic mass is 79.9. The highest BCUT2D eigenvalue weighted by molar-refractivity contribution is 9.10. The minimum absolute atomic E-state index is 0.0888. The second-order valence-electron chi connectivity index (χ2n) is 8.04. The zero-order valence-electron chi connectivity index (χ0n) is 19.0. The molecule has 9 heteroatoms. The van der Waals surface area contributed by atoms with Crippen LogP contribution in [0.25, 0.3) is 0 Å². The Labute approximate surface area is 199 Å². The van der Waals surface area contributed by atoms with Crippen LogP contribution in [0.15, 0.2) is 53.0 Å². The second kappa shape index (κ2) is 11.0. The minimum atomic E-state index is -3.73. The largest absolute Gasteiger partial charge is 0.352 e. The molecule has 2 aromatic rings. The predicted molar refractivity (Wildman–Crippen MR) is 131 cm³/mol. The van der Waals surface area contributed by atoms with Gasteiger partial charge in [-0.15, -0.1) is 0 Å². The summed E-state index contributed by atoms with van der Waals surface area (Å²) in [5.74, 6) is -0.764. The molecular weight excluding hydrogens is 494 g/mol. The Kier molecular flexibility index (Phi) is 8.86. The third kappa shape index (κ3) is 7.06. The maximum absolute atomic E-state index is 13.4. The fraction of sp³-hybridized carbons (Fsp3) is 0.391. The van der Waals surface area contributed by atoms with Gasteiger partial charge in [0.25, 0.3) is 0 Å². The van der Waals surface area contributed by atoms with Gasteiger partial charge in [-0.1, -0.05) is 46.3 Å². The normalized spacial score (nSPS) is 12.3. The van der Waals surface area contributed by atoms with E-state index in [9.17, 15) is 18.0 Å². The van der Waals surface area contributed by atoms with Crippen LogP contribution in [0.5, 0.6) is 0 Å². The topological polar surface area (TPSA) is 86.8 Å². The number of hydrogen-bond donors (Lipinski definition) is 1. The number of nitrogens with zero attached hydrogens (tertiary/aromatic N) is 2. The van der Waals surface area contributed by atoms with Gasteiger partial charge in [-0.3, -0.25) is 13.9 Å². The van der Waals surface area contributed by atoms with Crippen molar-refractivity contribution in [2.24, 2.45) is 0 Å². The Bertz CT molecular complexity index is 1060. The van der Waals surface area contributed by atoms with Crippen molar-refractivity contribution in [2.45, 2.75) is 46.3 Å². The van der Waals surface area contributed by atoms with Crippen LogP contribution < -0.4 is 9.62 Å². The molecule has 174 valence electrons. The highest BCUT2D eigenvalue weighted by Gasteiger charge is 2.30. The van der Waals surface area contributed by atoms with E-state index in [1.54, 1.807) is 38.1 Å². The van der Waals surface area contributed by atoms with Crippen LogP contribution >= 0.6 is 15.9 Å². The zero-order chi connectivity index (χ0) is 24.1. The number of amides is 2. The van der Waals surface area contributed by atoms with Crippen molar-refractivity contribution in [1.29, 1.82) is 0 Å². The summed E-state index contributed by atoms with van der Waals surface area (Å²) >= 11 is 3.39. The van der Waals surface area contributed by atoms with Crippen molar-refractivity contribution in [2.75, 3.05) is 17.1 Å². The average molecular weight is 524 g/mol. The van der Waals surface area contributed by atoms with Crippen LogP contribution in [0.4, 0.5) is 5.69 Å². The molecule has 2 amide bonds. The number of nitrogens with one attached hydrogen (secondary N) is 1. The van der Waals surface area contributed by atoms with Gasteiger partial charge in [-0.25, -0.2) is 8.42 Å². The van der Waals surface area contributed by atoms with Crippen molar-refractivity contribution in [3.8, 4) is 0 Å². The van der Waals surface area contributed by atoms with Gasteiger partial charge in [0.2, 0.25) is 21.8 Å². The number of carbonyl (C=O) groups is 2. The predicted octanol–water partition coefficient (Wildman–Crippen LogP) is 3.47. The molecule has 0 fully saturated rings. The molecule has 0 spiro atoms. The van der Waals surface area contributed by atoms with Gasteiger partial charge in [0.05, 0.1) is 11.9 Å². The molecule has 7 nitrogen and oxygen atoms in total. The zero-order valence-corrected chi connectivity index (χ0v) is 21.4. The van der Waals surface area contributed by atoms with E-state index in [-0.39, 0.29) is 18.5 Å². The number of rotatable bonds is 9. The lowest BCUT2D eigenvalue weighted by atomic mass is 10.1. The molecule has 1 atom stereocenters. The van der Waals surface area contributed by atoms with Gasteiger partial charge in [-0.2, -0.15) is 0 Å². The van der Waals surface area contributed by atoms with Crippen molar-refractivity contribution >= 4 is 43.5 Å². The summed E-state index contributed by atoms with van der Waals surface area (Å²) in [5, 5.41) is 2.82. The molecule has 0 aliphatic heterocycles. The van der Waals surface area contributed by atoms with Crippen molar-refractivity contribution in [3.63, 3.8) is 0 Å². The second-order valence-corrected chi connectivity index (χ2v) is 10.9. The first-order valence-electron chi connectivity index (χ1n) is 10.3. The Morgan fingerprint density at radius 3 is 2.16 bits per heavy atom. The maximum Gasteiger partial charge on any atom is 0.244 e. The molecule has 0 heterocycles. The first-order chi connectivity index (χ1) is 14.9. The number of hydrogen-bond acceptors (Lipinski definition) is 4. The molecule has 1 unspecified atom stereocenters. The molecule has 0 radical (unpaired) electrons. The number of benzene rings is 2. The Morgan fingerprint density at radius 2 is 1.62 bits per heavy atom. The number of aryl methyl sites for hydroxylation is 1. The Hall–Kier alpha value is -2.39. The van der Waals surface area contributed by atoms with Gasteiger partial charge in [0.15, 0.2) is 0 Å². The Morgan fingerprint density at radius 1 is 1.03 bits per heavy atom. The number of anilines is 1. The van der Waals surface area contributed by atoms with Gasteiger partial charge in [0, 0.05) is 17.1 Å². The van der Waals surface area contributed by atoms with Crippen LogP contribution in [0.2, 0.25) is 0 Å². The summed E-state index contributed by atoms with van der Waals surface area (Å²) in [6.07, 6.45) is 1.07. The Balaban J connectivity index is 2.39. The van der Waals surface area contributed by atoms with Gasteiger partial charge >= 0.3 is 0 Å². The number of halogens is 1. The smallest absolute Gasteiger partial charge is 0.244 e. The van der Waals surface area contributed by atoms with Crippen LogP contribution in [-0.2, 0) is 26.2 Å². The standard InChI is InChI=1S/C23H30BrN3O4S/c1-16(2)25-23(29)18(4)26(14-19-10-12-20(24)13-11-19)22(28)15-27(32(5,30)31)21-9-7-6-8-17(21)3/h6-13,16,18H,14-15H2,1-5H3,(H,25,29). The molecule has 0 saturated heterocycles. The van der Waals surface area contributed by atoms with E-state index in [0.717, 1.165) is 26.2 Å². The number of para-hydroxylation sites is 1. The molecule has 2 aromatic carbocycles. The molecule has 1 N–H and O–H groups in total. The van der Waals surface area contributed by atoms with E-state index >= 15 is 0 Å². The fourth-order valence-electron chi connectivity index (χ4n) is 3.21. The summed E-state index contributed by atoms with van der Waals surface area (Å²) in [6, 6.07) is 13.5. The van der Waals surface area contributed by atoms with Crippen LogP contribution in [0.1, 0.15) is 31.9 Å². The summed E-state index contributed by atoms with van der Waals surface area (Å²) in [6.45, 7) is 6.89. The maximum atomic E-state index is 13.4. The van der Waals surface area contributed by atoms with E-state index in [1.807, 2.05) is 38.1 Å². The monoisotopic (exact) mass is 523 g/mol. The molecular formula is C23H30BrN3O4S. The van der Waals surface area contributed by atoms with Crippen LogP contribution in [0.3, 0.4) is 0 Å². The van der Waals surface area contributed by atoms with Gasteiger partial charge < -0.3 is 10.2 Å². The van der Waals surface area contributed by atoms with Crippen molar-refractivity contribution in [1.82, 2.24) is 10.2 Å². The quantitative estimate of drug-likeness (QED) is 0.545. The number of carbonyl (C=O) groups excluding carboxylic acids is 2. The van der Waals surface area contributed by atoms with E-state index in [4.69, 9.17) is 0 Å². The molecule has 0 aromatic heterocycles. The summed E-state index contributed by atoms with van der Waals surface area (Å²) < 4.78 is 27.1. The van der Waals surface area contributed by atoms with Gasteiger partial charge in [-0.05, 0) is 57.0 Å². The van der Waals surface area contributed by atoms with Crippen LogP contribution in [-0.4, -0.2) is 50.0 Å². The average Bonchev–Trinajstić information content (AvgIpc) is 2.70. The minimum Gasteiger partial charge on any atom is -0.352 e. The fourth-order valence-corrected chi connectivity index (χ4v) is 4.38. The molecule has 0 aliphatic carbocycles.